The van der Waals surface area contributed by atoms with Crippen LogP contribution in [0.25, 0.3) is 11.0 Å². The fourth-order valence-electron chi connectivity index (χ4n) is 2.77. The summed E-state index contributed by atoms with van der Waals surface area (Å²) in [6.07, 6.45) is -1.44. The minimum atomic E-state index is -4.72. The molecular formula is C20H15F3N4O2. The lowest BCUT2D eigenvalue weighted by molar-refractivity contribution is -0.274. The molecule has 2 aromatic heterocycles. The minimum Gasteiger partial charge on any atom is -0.457 e. The van der Waals surface area contributed by atoms with Gasteiger partial charge in [0.25, 0.3) is 0 Å². The maximum absolute atomic E-state index is 12.3. The van der Waals surface area contributed by atoms with Crippen molar-refractivity contribution in [3.63, 3.8) is 0 Å². The van der Waals surface area contributed by atoms with E-state index >= 15 is 0 Å². The average molecular weight is 400 g/mol. The Hall–Kier alpha value is -3.75. The standard InChI is InChI=1S/C20H15F3N4O2/c1-27-18-7-6-16(28-14-8-10-24-11-9-14)12-17(18)26-19(27)25-13-2-4-15(5-3-13)29-20(21,22)23/h2-12H,1H3,(H,25,26). The number of rotatable bonds is 5. The van der Waals surface area contributed by atoms with E-state index < -0.39 is 6.36 Å². The van der Waals surface area contributed by atoms with Crippen molar-refractivity contribution in [2.24, 2.45) is 7.05 Å². The Bertz CT molecular complexity index is 1130. The van der Waals surface area contributed by atoms with Gasteiger partial charge < -0.3 is 19.4 Å². The zero-order chi connectivity index (χ0) is 20.4. The number of imidazole rings is 1. The summed E-state index contributed by atoms with van der Waals surface area (Å²) in [4.78, 5) is 8.49. The Morgan fingerprint density at radius 1 is 0.897 bits per heavy atom. The number of aromatic nitrogens is 3. The number of hydrogen-bond donors (Lipinski definition) is 1. The third-order valence-corrected chi connectivity index (χ3v) is 4.08. The van der Waals surface area contributed by atoms with E-state index in [1.165, 1.54) is 24.3 Å². The number of aryl methyl sites for hydroxylation is 1. The molecule has 0 aliphatic heterocycles. The van der Waals surface area contributed by atoms with Crippen LogP contribution in [0.4, 0.5) is 24.8 Å². The highest BCUT2D eigenvalue weighted by Gasteiger charge is 2.30. The van der Waals surface area contributed by atoms with Crippen molar-refractivity contribution in [2.75, 3.05) is 5.32 Å². The number of fused-ring (bicyclic) bond motifs is 1. The molecule has 29 heavy (non-hydrogen) atoms. The molecule has 0 atom stereocenters. The molecule has 0 bridgehead atoms. The molecule has 148 valence electrons. The second-order valence-electron chi connectivity index (χ2n) is 6.13. The third kappa shape index (κ3) is 4.40. The van der Waals surface area contributed by atoms with E-state index in [4.69, 9.17) is 4.74 Å². The zero-order valence-electron chi connectivity index (χ0n) is 15.1. The van der Waals surface area contributed by atoms with Crippen molar-refractivity contribution >= 4 is 22.7 Å². The smallest absolute Gasteiger partial charge is 0.457 e. The van der Waals surface area contributed by atoms with Gasteiger partial charge in [-0.15, -0.1) is 13.2 Å². The molecule has 6 nitrogen and oxygen atoms in total. The normalized spacial score (nSPS) is 11.4. The lowest BCUT2D eigenvalue weighted by atomic mass is 10.3. The SMILES string of the molecule is Cn1c(Nc2ccc(OC(F)(F)F)cc2)nc2cc(Oc3ccncc3)ccc21. The van der Waals surface area contributed by atoms with E-state index in [2.05, 4.69) is 20.0 Å². The lowest BCUT2D eigenvalue weighted by Crippen LogP contribution is -2.17. The van der Waals surface area contributed by atoms with E-state index in [1.54, 1.807) is 30.6 Å². The first-order chi connectivity index (χ1) is 13.9. The van der Waals surface area contributed by atoms with E-state index in [1.807, 2.05) is 23.7 Å². The number of nitrogens with zero attached hydrogens (tertiary/aromatic N) is 3. The third-order valence-electron chi connectivity index (χ3n) is 4.08. The Balaban J connectivity index is 1.54. The van der Waals surface area contributed by atoms with Crippen molar-refractivity contribution < 1.29 is 22.6 Å². The van der Waals surface area contributed by atoms with Gasteiger partial charge in [-0.05, 0) is 48.5 Å². The van der Waals surface area contributed by atoms with Gasteiger partial charge in [0.2, 0.25) is 5.95 Å². The maximum Gasteiger partial charge on any atom is 0.573 e. The molecule has 1 N–H and O–H groups in total. The number of hydrogen-bond acceptors (Lipinski definition) is 5. The summed E-state index contributed by atoms with van der Waals surface area (Å²) in [6.45, 7) is 0. The van der Waals surface area contributed by atoms with Crippen LogP contribution in [-0.2, 0) is 7.05 Å². The fourth-order valence-corrected chi connectivity index (χ4v) is 2.77. The highest BCUT2D eigenvalue weighted by molar-refractivity contribution is 5.81. The summed E-state index contributed by atoms with van der Waals surface area (Å²) < 4.78 is 48.3. The van der Waals surface area contributed by atoms with Crippen molar-refractivity contribution in [3.05, 3.63) is 67.0 Å². The zero-order valence-corrected chi connectivity index (χ0v) is 15.1. The number of pyridine rings is 1. The summed E-state index contributed by atoms with van der Waals surface area (Å²) in [5.41, 5.74) is 2.15. The molecule has 0 fully saturated rings. The molecule has 4 aromatic rings. The highest BCUT2D eigenvalue weighted by Crippen LogP contribution is 2.29. The second-order valence-corrected chi connectivity index (χ2v) is 6.13. The first-order valence-electron chi connectivity index (χ1n) is 8.54. The molecule has 0 spiro atoms. The summed E-state index contributed by atoms with van der Waals surface area (Å²) in [5.74, 6) is 1.54. The van der Waals surface area contributed by atoms with Crippen molar-refractivity contribution in [3.8, 4) is 17.2 Å². The predicted molar refractivity (Wildman–Crippen MR) is 101 cm³/mol. The molecule has 9 heteroatoms. The first kappa shape index (κ1) is 18.6. The molecule has 0 amide bonds. The van der Waals surface area contributed by atoms with Gasteiger partial charge in [-0.25, -0.2) is 4.98 Å². The summed E-state index contributed by atoms with van der Waals surface area (Å²) in [7, 11) is 1.84. The Kier molecular flexibility index (Phi) is 4.71. The molecule has 0 saturated heterocycles. The van der Waals surface area contributed by atoms with Crippen molar-refractivity contribution in [2.45, 2.75) is 6.36 Å². The molecule has 0 unspecified atom stereocenters. The van der Waals surface area contributed by atoms with Gasteiger partial charge in [0.1, 0.15) is 17.2 Å². The largest absolute Gasteiger partial charge is 0.573 e. The van der Waals surface area contributed by atoms with Gasteiger partial charge in [0, 0.05) is 31.2 Å². The van der Waals surface area contributed by atoms with Crippen molar-refractivity contribution in [1.82, 2.24) is 14.5 Å². The number of nitrogens with one attached hydrogen (secondary N) is 1. The van der Waals surface area contributed by atoms with Crippen LogP contribution in [0.2, 0.25) is 0 Å². The molecule has 2 aromatic carbocycles. The number of anilines is 2. The van der Waals surface area contributed by atoms with E-state index in [-0.39, 0.29) is 5.75 Å². The van der Waals surface area contributed by atoms with Crippen LogP contribution in [0.5, 0.6) is 17.2 Å². The average Bonchev–Trinajstić information content (AvgIpc) is 2.98. The highest BCUT2D eigenvalue weighted by atomic mass is 19.4. The van der Waals surface area contributed by atoms with Gasteiger partial charge in [0.05, 0.1) is 11.0 Å². The van der Waals surface area contributed by atoms with Gasteiger partial charge in [-0.2, -0.15) is 0 Å². The molecule has 2 heterocycles. The predicted octanol–water partition coefficient (Wildman–Crippen LogP) is 5.40. The fraction of sp³-hybridized carbons (Fsp3) is 0.100. The molecular weight excluding hydrogens is 385 g/mol. The van der Waals surface area contributed by atoms with E-state index in [9.17, 15) is 13.2 Å². The lowest BCUT2D eigenvalue weighted by Gasteiger charge is -2.10. The minimum absolute atomic E-state index is 0.286. The van der Waals surface area contributed by atoms with Crippen LogP contribution in [0.1, 0.15) is 0 Å². The monoisotopic (exact) mass is 400 g/mol. The second kappa shape index (κ2) is 7.34. The number of ether oxygens (including phenoxy) is 2. The molecule has 0 radical (unpaired) electrons. The van der Waals surface area contributed by atoms with Crippen LogP contribution >= 0.6 is 0 Å². The molecule has 0 aliphatic carbocycles. The van der Waals surface area contributed by atoms with Gasteiger partial charge >= 0.3 is 6.36 Å². The number of halogens is 3. The summed E-state index contributed by atoms with van der Waals surface area (Å²) in [6, 6.07) is 14.5. The van der Waals surface area contributed by atoms with E-state index in [0.29, 0.717) is 28.7 Å². The van der Waals surface area contributed by atoms with Crippen LogP contribution < -0.4 is 14.8 Å². The Morgan fingerprint density at radius 2 is 1.59 bits per heavy atom. The van der Waals surface area contributed by atoms with Crippen molar-refractivity contribution in [1.29, 1.82) is 0 Å². The Morgan fingerprint density at radius 3 is 2.28 bits per heavy atom. The van der Waals surface area contributed by atoms with Gasteiger partial charge in [0.15, 0.2) is 0 Å². The molecule has 4 rings (SSSR count). The topological polar surface area (TPSA) is 61.2 Å². The van der Waals surface area contributed by atoms with Crippen LogP contribution in [0, 0.1) is 0 Å². The van der Waals surface area contributed by atoms with Crippen LogP contribution in [0.3, 0.4) is 0 Å². The van der Waals surface area contributed by atoms with Gasteiger partial charge in [-0.1, -0.05) is 0 Å². The summed E-state index contributed by atoms with van der Waals surface area (Å²) >= 11 is 0. The molecule has 0 saturated carbocycles. The van der Waals surface area contributed by atoms with E-state index in [0.717, 1.165) is 5.52 Å². The molecule has 0 aliphatic rings. The quantitative estimate of drug-likeness (QED) is 0.486. The Labute approximate surface area is 163 Å². The van der Waals surface area contributed by atoms with Gasteiger partial charge in [-0.3, -0.25) is 4.98 Å². The maximum atomic E-state index is 12.3. The first-order valence-corrected chi connectivity index (χ1v) is 8.54. The van der Waals surface area contributed by atoms with Crippen LogP contribution in [-0.4, -0.2) is 20.9 Å². The summed E-state index contributed by atoms with van der Waals surface area (Å²) in [5, 5.41) is 3.09. The number of alkyl halides is 3. The number of benzene rings is 2. The van der Waals surface area contributed by atoms with Crippen LogP contribution in [0.15, 0.2) is 67.0 Å².